The Labute approximate surface area is 161 Å². The molecule has 144 valence electrons. The fourth-order valence-electron chi connectivity index (χ4n) is 2.73. The smallest absolute Gasteiger partial charge is 0.271 e. The molecule has 0 aliphatic carbocycles. The summed E-state index contributed by atoms with van der Waals surface area (Å²) in [4.78, 5) is 10.3. The van der Waals surface area contributed by atoms with E-state index in [1.807, 2.05) is 0 Å². The molecular formula is C17H18ClN3O5S. The number of nitrogens with zero attached hydrogens (tertiary/aromatic N) is 2. The minimum atomic E-state index is -3.95. The number of sulfonamides is 1. The zero-order valence-corrected chi connectivity index (χ0v) is 16.1. The Kier molecular flexibility index (Phi) is 5.66. The van der Waals surface area contributed by atoms with Gasteiger partial charge in [-0.3, -0.25) is 10.1 Å². The third kappa shape index (κ3) is 4.22. The van der Waals surface area contributed by atoms with Gasteiger partial charge in [0.2, 0.25) is 10.0 Å². The molecule has 0 bridgehead atoms. The molecule has 10 heteroatoms. The van der Waals surface area contributed by atoms with Gasteiger partial charge in [-0.25, -0.2) is 8.42 Å². The number of non-ortho nitro benzene ring substituents is 1. The lowest BCUT2D eigenvalue weighted by molar-refractivity contribution is -0.385. The van der Waals surface area contributed by atoms with Gasteiger partial charge in [0.1, 0.15) is 16.4 Å². The van der Waals surface area contributed by atoms with Crippen LogP contribution in [-0.4, -0.2) is 43.8 Å². The Morgan fingerprint density at radius 1 is 1.19 bits per heavy atom. The maximum absolute atomic E-state index is 13.1. The monoisotopic (exact) mass is 411 g/mol. The second kappa shape index (κ2) is 7.81. The molecule has 0 saturated carbocycles. The summed E-state index contributed by atoms with van der Waals surface area (Å²) in [7, 11) is -3.95. The number of nitro groups is 1. The third-order valence-corrected chi connectivity index (χ3v) is 6.53. The number of nitrogens with one attached hydrogen (secondary N) is 1. The molecule has 1 heterocycles. The number of hydrogen-bond acceptors (Lipinski definition) is 6. The highest BCUT2D eigenvalue weighted by Crippen LogP contribution is 2.35. The Morgan fingerprint density at radius 2 is 1.89 bits per heavy atom. The number of hydrogen-bond donors (Lipinski definition) is 1. The number of piperazine rings is 1. The number of nitro benzene ring substituents is 1. The lowest BCUT2D eigenvalue weighted by Crippen LogP contribution is -2.46. The van der Waals surface area contributed by atoms with Crippen LogP contribution < -0.4 is 10.1 Å². The molecule has 2 aromatic rings. The van der Waals surface area contributed by atoms with E-state index in [-0.39, 0.29) is 29.4 Å². The summed E-state index contributed by atoms with van der Waals surface area (Å²) in [6.45, 7) is 3.39. The number of rotatable bonds is 5. The summed E-state index contributed by atoms with van der Waals surface area (Å²) in [5.41, 5.74) is 0.450. The summed E-state index contributed by atoms with van der Waals surface area (Å²) in [6, 6.07) is 8.48. The molecule has 0 unspecified atom stereocenters. The molecule has 1 aliphatic heterocycles. The van der Waals surface area contributed by atoms with Crippen molar-refractivity contribution in [1.29, 1.82) is 0 Å². The average molecular weight is 412 g/mol. The van der Waals surface area contributed by atoms with Gasteiger partial charge in [-0.15, -0.1) is 0 Å². The van der Waals surface area contributed by atoms with Crippen LogP contribution in [0.2, 0.25) is 5.02 Å². The Hall–Kier alpha value is -2.20. The van der Waals surface area contributed by atoms with E-state index in [4.69, 9.17) is 16.3 Å². The van der Waals surface area contributed by atoms with Gasteiger partial charge in [-0.2, -0.15) is 4.31 Å². The van der Waals surface area contributed by atoms with Gasteiger partial charge < -0.3 is 10.1 Å². The number of halogens is 1. The summed E-state index contributed by atoms with van der Waals surface area (Å²) in [5.74, 6) is 0.420. The van der Waals surface area contributed by atoms with Crippen molar-refractivity contribution < 1.29 is 18.1 Å². The van der Waals surface area contributed by atoms with Crippen LogP contribution in [0.1, 0.15) is 5.56 Å². The minimum Gasteiger partial charge on any atom is -0.456 e. The molecule has 0 spiro atoms. The van der Waals surface area contributed by atoms with E-state index in [0.29, 0.717) is 23.9 Å². The molecule has 3 rings (SSSR count). The zero-order chi connectivity index (χ0) is 19.6. The highest BCUT2D eigenvalue weighted by Gasteiger charge is 2.31. The van der Waals surface area contributed by atoms with Crippen molar-refractivity contribution in [1.82, 2.24) is 9.62 Å². The van der Waals surface area contributed by atoms with Gasteiger partial charge >= 0.3 is 0 Å². The molecule has 1 N–H and O–H groups in total. The van der Waals surface area contributed by atoms with Crippen LogP contribution in [0.25, 0.3) is 0 Å². The number of ether oxygens (including phenoxy) is 1. The first-order chi connectivity index (χ1) is 12.8. The SMILES string of the molecule is Cc1cc(Oc2ccc([N+](=O)[O-])cc2S(=O)(=O)N2CCNCC2)ccc1Cl. The van der Waals surface area contributed by atoms with Crippen LogP contribution >= 0.6 is 11.6 Å². The van der Waals surface area contributed by atoms with Crippen molar-refractivity contribution in [3.63, 3.8) is 0 Å². The summed E-state index contributed by atoms with van der Waals surface area (Å²) < 4.78 is 33.2. The summed E-state index contributed by atoms with van der Waals surface area (Å²) in [6.07, 6.45) is 0. The first-order valence-corrected chi connectivity index (χ1v) is 10.0. The quantitative estimate of drug-likeness (QED) is 0.599. The second-order valence-corrected chi connectivity index (χ2v) is 8.37. The van der Waals surface area contributed by atoms with Gasteiger partial charge in [0, 0.05) is 43.3 Å². The van der Waals surface area contributed by atoms with Crippen molar-refractivity contribution in [3.8, 4) is 11.5 Å². The van der Waals surface area contributed by atoms with Crippen LogP contribution in [-0.2, 0) is 10.0 Å². The predicted molar refractivity (Wildman–Crippen MR) is 101 cm³/mol. The fourth-order valence-corrected chi connectivity index (χ4v) is 4.42. The minimum absolute atomic E-state index is 0.0286. The average Bonchev–Trinajstić information content (AvgIpc) is 2.65. The van der Waals surface area contributed by atoms with E-state index in [0.717, 1.165) is 11.6 Å². The maximum Gasteiger partial charge on any atom is 0.271 e. The molecule has 1 fully saturated rings. The lowest BCUT2D eigenvalue weighted by Gasteiger charge is -2.27. The van der Waals surface area contributed by atoms with Crippen LogP contribution in [0.4, 0.5) is 5.69 Å². The molecule has 8 nitrogen and oxygen atoms in total. The van der Waals surface area contributed by atoms with Crippen LogP contribution in [0, 0.1) is 17.0 Å². The molecule has 27 heavy (non-hydrogen) atoms. The standard InChI is InChI=1S/C17H18ClN3O5S/c1-12-10-14(3-4-15(12)18)26-16-5-2-13(21(22)23)11-17(16)27(24,25)20-8-6-19-7-9-20/h2-5,10-11,19H,6-9H2,1H3. The van der Waals surface area contributed by atoms with Crippen molar-refractivity contribution in [3.05, 3.63) is 57.1 Å². The van der Waals surface area contributed by atoms with E-state index in [1.54, 1.807) is 25.1 Å². The molecule has 0 aromatic heterocycles. The lowest BCUT2D eigenvalue weighted by atomic mass is 10.2. The van der Waals surface area contributed by atoms with Crippen LogP contribution in [0.5, 0.6) is 11.5 Å². The molecule has 1 aliphatic rings. The van der Waals surface area contributed by atoms with Crippen molar-refractivity contribution in [2.75, 3.05) is 26.2 Å². The molecule has 1 saturated heterocycles. The Bertz CT molecular complexity index is 975. The molecule has 0 atom stereocenters. The Morgan fingerprint density at radius 3 is 2.52 bits per heavy atom. The molecular weight excluding hydrogens is 394 g/mol. The number of aryl methyl sites for hydroxylation is 1. The highest BCUT2D eigenvalue weighted by molar-refractivity contribution is 7.89. The van der Waals surface area contributed by atoms with Crippen molar-refractivity contribution in [2.45, 2.75) is 11.8 Å². The van der Waals surface area contributed by atoms with Gasteiger partial charge in [-0.05, 0) is 36.8 Å². The second-order valence-electron chi connectivity index (χ2n) is 6.06. The molecule has 2 aromatic carbocycles. The Balaban J connectivity index is 2.05. The summed E-state index contributed by atoms with van der Waals surface area (Å²) >= 11 is 6.01. The van der Waals surface area contributed by atoms with Crippen LogP contribution in [0.15, 0.2) is 41.3 Å². The normalized spacial score (nSPS) is 15.5. The topological polar surface area (TPSA) is 102 Å². The van der Waals surface area contributed by atoms with E-state index < -0.39 is 14.9 Å². The van der Waals surface area contributed by atoms with E-state index in [9.17, 15) is 18.5 Å². The van der Waals surface area contributed by atoms with E-state index >= 15 is 0 Å². The largest absolute Gasteiger partial charge is 0.456 e. The van der Waals surface area contributed by atoms with Gasteiger partial charge in [-0.1, -0.05) is 11.6 Å². The predicted octanol–water partition coefficient (Wildman–Crippen LogP) is 2.94. The molecule has 0 amide bonds. The van der Waals surface area contributed by atoms with Crippen LogP contribution in [0.3, 0.4) is 0 Å². The van der Waals surface area contributed by atoms with E-state index in [1.165, 1.54) is 16.4 Å². The zero-order valence-electron chi connectivity index (χ0n) is 14.5. The first kappa shape index (κ1) is 19.6. The van der Waals surface area contributed by atoms with Gasteiger partial charge in [0.25, 0.3) is 5.69 Å². The first-order valence-electron chi connectivity index (χ1n) is 8.22. The van der Waals surface area contributed by atoms with Gasteiger partial charge in [0.15, 0.2) is 0 Å². The van der Waals surface area contributed by atoms with E-state index in [2.05, 4.69) is 5.32 Å². The number of benzene rings is 2. The fraction of sp³-hybridized carbons (Fsp3) is 0.294. The highest BCUT2D eigenvalue weighted by atomic mass is 35.5. The molecule has 0 radical (unpaired) electrons. The van der Waals surface area contributed by atoms with Crippen molar-refractivity contribution >= 4 is 27.3 Å². The van der Waals surface area contributed by atoms with Crippen molar-refractivity contribution in [2.24, 2.45) is 0 Å². The third-order valence-electron chi connectivity index (χ3n) is 4.19. The maximum atomic E-state index is 13.1. The van der Waals surface area contributed by atoms with Gasteiger partial charge in [0.05, 0.1) is 4.92 Å². The summed E-state index contributed by atoms with van der Waals surface area (Å²) in [5, 5.41) is 14.8.